The maximum Gasteiger partial charge on any atom is 0.409 e. The van der Waals surface area contributed by atoms with Crippen LogP contribution in [0.1, 0.15) is 65.4 Å². The van der Waals surface area contributed by atoms with Gasteiger partial charge >= 0.3 is 12.1 Å². The van der Waals surface area contributed by atoms with E-state index in [0.717, 1.165) is 0 Å². The van der Waals surface area contributed by atoms with E-state index >= 15 is 0 Å². The number of amides is 5. The molecule has 9 atom stereocenters. The van der Waals surface area contributed by atoms with Crippen molar-refractivity contribution < 1.29 is 57.6 Å². The van der Waals surface area contributed by atoms with E-state index in [4.69, 9.17) is 35.3 Å². The molecule has 3 saturated heterocycles. The first-order chi connectivity index (χ1) is 25.3. The standard InChI is InChI=1S/C36H49ClN4O12S/c1-9-35(50-8)16-20-12-21(29(37)22(13-20)49-7)41(6)28(44)15-25(34(4)30(53-34)18(2)23-17-36(35,48)39-33(47)51-23)52-32(46)19(3)40(5)27(43)10-11-54-24-14-26(42)38-31(24)45/h12-13,18-19,23-25,30,48H,9-11,14-17H2,1-8H3,(H,39,47)(H,38,42,45)/t18-,19+,23+,24?,25+,30+,34+,35-,36+/m1/s1. The number of likely N-dealkylation sites (N-methyl/N-ethyl adjacent to an activating group) is 1. The molecule has 298 valence electrons. The Kier molecular flexibility index (Phi) is 12.2. The third-order valence-electron chi connectivity index (χ3n) is 11.4. The number of thioether (sulfide) groups is 1. The van der Waals surface area contributed by atoms with Gasteiger partial charge in [-0.15, -0.1) is 11.8 Å². The summed E-state index contributed by atoms with van der Waals surface area (Å²) < 4.78 is 29.6. The van der Waals surface area contributed by atoms with Crippen LogP contribution >= 0.6 is 23.4 Å². The van der Waals surface area contributed by atoms with Crippen LogP contribution in [0.25, 0.3) is 0 Å². The molecule has 4 aliphatic heterocycles. The number of ether oxygens (including phenoxy) is 5. The Morgan fingerprint density at radius 2 is 1.91 bits per heavy atom. The van der Waals surface area contributed by atoms with E-state index in [9.17, 15) is 33.9 Å². The van der Waals surface area contributed by atoms with Crippen molar-refractivity contribution in [1.82, 2.24) is 15.5 Å². The maximum absolute atomic E-state index is 14.1. The predicted octanol–water partition coefficient (Wildman–Crippen LogP) is 2.33. The maximum atomic E-state index is 14.1. The Morgan fingerprint density at radius 1 is 1.20 bits per heavy atom. The molecule has 3 fully saturated rings. The van der Waals surface area contributed by atoms with E-state index in [1.807, 2.05) is 6.92 Å². The Morgan fingerprint density at radius 3 is 2.52 bits per heavy atom. The van der Waals surface area contributed by atoms with E-state index in [0.29, 0.717) is 5.56 Å². The summed E-state index contributed by atoms with van der Waals surface area (Å²) in [5.41, 5.74) is -3.66. The smallest absolute Gasteiger partial charge is 0.409 e. The molecule has 5 amide bonds. The van der Waals surface area contributed by atoms with Crippen molar-refractivity contribution in [2.24, 2.45) is 5.92 Å². The molecule has 1 unspecified atom stereocenters. The molecule has 18 heteroatoms. The molecular weight excluding hydrogens is 748 g/mol. The SMILES string of the molecule is CC[C@@]1(OC)Cc2cc(OC)c(Cl)c(c2)N(C)C(=O)C[C@H](OC(=O)[C@H](C)N(C)C(=O)CCSC2CC(=O)NC2=O)[C@]2(C)O[C@H]2[C@H](C)[C@@H]2C[C@@]1(O)NC(=O)O2. The number of carbonyl (C=O) groups is 6. The third-order valence-corrected chi connectivity index (χ3v) is 13.0. The molecule has 4 aliphatic rings. The first-order valence-corrected chi connectivity index (χ1v) is 19.2. The fourth-order valence-corrected chi connectivity index (χ4v) is 8.95. The zero-order chi connectivity index (χ0) is 39.9. The Hall–Kier alpha value is -3.64. The summed E-state index contributed by atoms with van der Waals surface area (Å²) in [5, 5.41) is 16.7. The molecule has 4 heterocycles. The summed E-state index contributed by atoms with van der Waals surface area (Å²) in [6.45, 7) is 6.80. The average molecular weight is 797 g/mol. The minimum absolute atomic E-state index is 0.00311. The fourth-order valence-electron chi connectivity index (χ4n) is 7.58. The summed E-state index contributed by atoms with van der Waals surface area (Å²) in [4.78, 5) is 80.0. The second-order valence-corrected chi connectivity index (χ2v) is 16.3. The number of carbonyl (C=O) groups excluding carboxylic acids is 6. The van der Waals surface area contributed by atoms with Gasteiger partial charge in [0.1, 0.15) is 40.2 Å². The number of anilines is 1. The molecule has 54 heavy (non-hydrogen) atoms. The van der Waals surface area contributed by atoms with Crippen LogP contribution in [0.15, 0.2) is 12.1 Å². The van der Waals surface area contributed by atoms with E-state index < -0.39 is 82.2 Å². The monoisotopic (exact) mass is 796 g/mol. The number of rotatable bonds is 10. The molecule has 1 aromatic carbocycles. The zero-order valence-electron chi connectivity index (χ0n) is 31.7. The summed E-state index contributed by atoms with van der Waals surface area (Å²) in [7, 11) is 5.85. The Bertz CT molecular complexity index is 1690. The summed E-state index contributed by atoms with van der Waals surface area (Å²) in [5.74, 6) is -2.46. The van der Waals surface area contributed by atoms with Gasteiger partial charge in [-0.1, -0.05) is 25.4 Å². The second-order valence-electron chi connectivity index (χ2n) is 14.6. The minimum atomic E-state index is -1.91. The van der Waals surface area contributed by atoms with Gasteiger partial charge in [-0.25, -0.2) is 9.59 Å². The lowest BCUT2D eigenvalue weighted by atomic mass is 9.75. The normalized spacial score (nSPS) is 32.9. The van der Waals surface area contributed by atoms with Gasteiger partial charge < -0.3 is 38.6 Å². The summed E-state index contributed by atoms with van der Waals surface area (Å²) in [6, 6.07) is 2.27. The van der Waals surface area contributed by atoms with Crippen LogP contribution in [0.5, 0.6) is 5.75 Å². The van der Waals surface area contributed by atoms with Crippen LogP contribution in [0, 0.1) is 5.92 Å². The third kappa shape index (κ3) is 7.88. The van der Waals surface area contributed by atoms with Gasteiger partial charge in [0.05, 0.1) is 30.6 Å². The number of methoxy groups -OCH3 is 2. The summed E-state index contributed by atoms with van der Waals surface area (Å²) >= 11 is 7.95. The topological polar surface area (TPSA) is 203 Å². The number of halogens is 1. The van der Waals surface area contributed by atoms with Gasteiger partial charge in [-0.3, -0.25) is 29.8 Å². The molecule has 0 spiro atoms. The highest BCUT2D eigenvalue weighted by Gasteiger charge is 2.65. The van der Waals surface area contributed by atoms with E-state index in [-0.39, 0.29) is 66.6 Å². The van der Waals surface area contributed by atoms with Crippen LogP contribution in [-0.2, 0) is 49.3 Å². The van der Waals surface area contributed by atoms with Gasteiger partial charge in [0.15, 0.2) is 5.72 Å². The quantitative estimate of drug-likeness (QED) is 0.177. The van der Waals surface area contributed by atoms with E-state index in [2.05, 4.69) is 10.6 Å². The summed E-state index contributed by atoms with van der Waals surface area (Å²) in [6.07, 6.45) is -3.63. The van der Waals surface area contributed by atoms with Crippen molar-refractivity contribution in [1.29, 1.82) is 0 Å². The number of hydrogen-bond donors (Lipinski definition) is 3. The first-order valence-electron chi connectivity index (χ1n) is 17.8. The van der Waals surface area contributed by atoms with Crippen LogP contribution in [0.4, 0.5) is 10.5 Å². The molecule has 0 saturated carbocycles. The van der Waals surface area contributed by atoms with Crippen molar-refractivity contribution in [3.8, 4) is 5.75 Å². The van der Waals surface area contributed by atoms with E-state index in [1.165, 1.54) is 56.8 Å². The Labute approximate surface area is 323 Å². The van der Waals surface area contributed by atoms with Gasteiger partial charge in [0.2, 0.25) is 23.6 Å². The largest absolute Gasteiger partial charge is 0.495 e. The lowest BCUT2D eigenvalue weighted by Gasteiger charge is -2.50. The lowest BCUT2D eigenvalue weighted by molar-refractivity contribution is -0.214. The number of esters is 1. The van der Waals surface area contributed by atoms with Gasteiger partial charge in [0, 0.05) is 58.6 Å². The number of nitrogens with zero attached hydrogens (tertiary/aromatic N) is 2. The van der Waals surface area contributed by atoms with Crippen LogP contribution in [0.3, 0.4) is 0 Å². The van der Waals surface area contributed by atoms with Crippen molar-refractivity contribution in [2.75, 3.05) is 39.0 Å². The molecule has 5 rings (SSSR count). The highest BCUT2D eigenvalue weighted by atomic mass is 35.5. The van der Waals surface area contributed by atoms with Crippen molar-refractivity contribution >= 4 is 64.7 Å². The van der Waals surface area contributed by atoms with Crippen molar-refractivity contribution in [3.63, 3.8) is 0 Å². The molecule has 0 aliphatic carbocycles. The number of fused-ring (bicyclic) bond motifs is 5. The zero-order valence-corrected chi connectivity index (χ0v) is 33.3. The predicted molar refractivity (Wildman–Crippen MR) is 196 cm³/mol. The number of alkyl carbamates (subject to hydrolysis) is 1. The lowest BCUT2D eigenvalue weighted by Crippen LogP contribution is -2.70. The second kappa shape index (κ2) is 15.8. The molecular formula is C36H49ClN4O12S. The number of nitrogens with one attached hydrogen (secondary N) is 2. The highest BCUT2D eigenvalue weighted by Crippen LogP contribution is 2.50. The molecule has 0 radical (unpaired) electrons. The number of benzene rings is 1. The first kappa shape index (κ1) is 41.5. The Balaban J connectivity index is 1.44. The fraction of sp³-hybridized carbons (Fsp3) is 0.667. The average Bonchev–Trinajstić information content (AvgIpc) is 3.72. The number of aliphatic hydroxyl groups is 1. The molecule has 16 nitrogen and oxygen atoms in total. The molecule has 3 N–H and O–H groups in total. The number of hydrogen-bond acceptors (Lipinski definition) is 13. The number of imide groups is 1. The van der Waals surface area contributed by atoms with Crippen molar-refractivity contribution in [2.45, 2.75) is 113 Å². The van der Waals surface area contributed by atoms with Crippen LogP contribution < -0.4 is 20.3 Å². The van der Waals surface area contributed by atoms with Crippen LogP contribution in [0.2, 0.25) is 5.02 Å². The van der Waals surface area contributed by atoms with E-state index in [1.54, 1.807) is 26.0 Å². The molecule has 0 aromatic heterocycles. The van der Waals surface area contributed by atoms with Crippen molar-refractivity contribution in [3.05, 3.63) is 22.7 Å². The van der Waals surface area contributed by atoms with Crippen LogP contribution in [-0.4, -0.2) is 126 Å². The number of epoxide rings is 1. The van der Waals surface area contributed by atoms with Gasteiger partial charge in [-0.05, 0) is 38.0 Å². The highest BCUT2D eigenvalue weighted by molar-refractivity contribution is 8.00. The van der Waals surface area contributed by atoms with Gasteiger partial charge in [-0.2, -0.15) is 0 Å². The molecule has 4 bridgehead atoms. The minimum Gasteiger partial charge on any atom is -0.495 e. The molecule has 1 aromatic rings. The van der Waals surface area contributed by atoms with Gasteiger partial charge in [0.25, 0.3) is 0 Å².